The van der Waals surface area contributed by atoms with Gasteiger partial charge in [-0.15, -0.1) is 0 Å². The molecule has 2 aromatic rings. The van der Waals surface area contributed by atoms with E-state index in [0.29, 0.717) is 35.8 Å². The number of amides is 2. The van der Waals surface area contributed by atoms with E-state index in [2.05, 4.69) is 15.4 Å². The van der Waals surface area contributed by atoms with Gasteiger partial charge in [0.25, 0.3) is 0 Å². The monoisotopic (exact) mass is 387 g/mol. The lowest BCUT2D eigenvalue weighted by atomic mass is 10.2. The second kappa shape index (κ2) is 9.70. The molecule has 28 heavy (non-hydrogen) atoms. The van der Waals surface area contributed by atoms with Crippen LogP contribution in [0.3, 0.4) is 0 Å². The smallest absolute Gasteiger partial charge is 0.374 e. The molecule has 2 rings (SSSR count). The van der Waals surface area contributed by atoms with E-state index in [4.69, 9.17) is 4.42 Å². The number of carbonyl (C=O) groups is 3. The summed E-state index contributed by atoms with van der Waals surface area (Å²) in [7, 11) is 1.30. The van der Waals surface area contributed by atoms with Crippen LogP contribution in [0.25, 0.3) is 0 Å². The van der Waals surface area contributed by atoms with Crippen LogP contribution in [0.1, 0.15) is 35.7 Å². The van der Waals surface area contributed by atoms with Crippen LogP contribution in [0.4, 0.5) is 11.4 Å². The van der Waals surface area contributed by atoms with Crippen molar-refractivity contribution in [3.8, 4) is 0 Å². The van der Waals surface area contributed by atoms with Crippen LogP contribution < -0.4 is 10.6 Å². The van der Waals surface area contributed by atoms with E-state index in [1.54, 1.807) is 37.3 Å². The zero-order chi connectivity index (χ0) is 20.7. The molecule has 8 heteroatoms. The normalized spacial score (nSPS) is 10.6. The Balaban J connectivity index is 1.94. The van der Waals surface area contributed by atoms with Crippen molar-refractivity contribution in [2.45, 2.75) is 27.3 Å². The first-order valence-electron chi connectivity index (χ1n) is 8.89. The lowest BCUT2D eigenvalue weighted by Gasteiger charge is -2.18. The van der Waals surface area contributed by atoms with Crippen LogP contribution in [-0.4, -0.2) is 42.9 Å². The molecule has 0 spiro atoms. The molecule has 0 saturated heterocycles. The van der Waals surface area contributed by atoms with E-state index in [0.717, 1.165) is 0 Å². The van der Waals surface area contributed by atoms with Gasteiger partial charge in [-0.1, -0.05) is 6.92 Å². The summed E-state index contributed by atoms with van der Waals surface area (Å²) in [6.07, 6.45) is 0. The van der Waals surface area contributed by atoms with Crippen molar-refractivity contribution in [2.75, 3.05) is 30.8 Å². The number of likely N-dealkylation sites (N-methyl/N-ethyl adjacent to an activating group) is 1. The number of rotatable bonds is 8. The van der Waals surface area contributed by atoms with Crippen LogP contribution in [0, 0.1) is 6.92 Å². The minimum absolute atomic E-state index is 0.154. The second-order valence-corrected chi connectivity index (χ2v) is 6.33. The number of aryl methyl sites for hydroxylation is 1. The average molecular weight is 387 g/mol. The number of carbonyl (C=O) groups excluding carboxylic acids is 3. The van der Waals surface area contributed by atoms with Gasteiger partial charge in [-0.2, -0.15) is 0 Å². The third-order valence-corrected chi connectivity index (χ3v) is 4.02. The minimum Gasteiger partial charge on any atom is -0.463 e. The van der Waals surface area contributed by atoms with Crippen molar-refractivity contribution in [1.82, 2.24) is 4.90 Å². The fraction of sp³-hybridized carbons (Fsp3) is 0.350. The fourth-order valence-corrected chi connectivity index (χ4v) is 2.67. The summed E-state index contributed by atoms with van der Waals surface area (Å²) in [5, 5.41) is 5.49. The number of esters is 1. The summed E-state index contributed by atoms with van der Waals surface area (Å²) in [4.78, 5) is 36.9. The first-order chi connectivity index (χ1) is 13.3. The molecule has 0 fully saturated rings. The SMILES string of the molecule is CCN(CC(=O)Nc1ccc(NC(C)=O)cc1)Cc1cc(C)c(C(=O)OC)o1. The standard InChI is InChI=1S/C20H25N3O5/c1-5-23(11-17-10-13(2)19(28-17)20(26)27-4)12-18(25)22-16-8-6-15(7-9-16)21-14(3)24/h6-10H,5,11-12H2,1-4H3,(H,21,24)(H,22,25). The summed E-state index contributed by atoms with van der Waals surface area (Å²) >= 11 is 0. The lowest BCUT2D eigenvalue weighted by Crippen LogP contribution is -2.32. The van der Waals surface area contributed by atoms with E-state index < -0.39 is 5.97 Å². The van der Waals surface area contributed by atoms with Crippen LogP contribution in [0.5, 0.6) is 0 Å². The van der Waals surface area contributed by atoms with E-state index in [-0.39, 0.29) is 24.1 Å². The first-order valence-corrected chi connectivity index (χ1v) is 8.89. The van der Waals surface area contributed by atoms with Crippen LogP contribution >= 0.6 is 0 Å². The maximum absolute atomic E-state index is 12.3. The van der Waals surface area contributed by atoms with Gasteiger partial charge in [0.05, 0.1) is 20.2 Å². The van der Waals surface area contributed by atoms with Crippen molar-refractivity contribution in [1.29, 1.82) is 0 Å². The first kappa shape index (κ1) is 21.2. The zero-order valence-electron chi connectivity index (χ0n) is 16.5. The molecule has 0 unspecified atom stereocenters. The summed E-state index contributed by atoms with van der Waals surface area (Å²) < 4.78 is 10.3. The lowest BCUT2D eigenvalue weighted by molar-refractivity contribution is -0.117. The van der Waals surface area contributed by atoms with Crippen molar-refractivity contribution in [3.05, 3.63) is 47.4 Å². The Morgan fingerprint density at radius 1 is 1.11 bits per heavy atom. The molecular formula is C20H25N3O5. The maximum Gasteiger partial charge on any atom is 0.374 e. The fourth-order valence-electron chi connectivity index (χ4n) is 2.67. The van der Waals surface area contributed by atoms with Crippen LogP contribution in [0.15, 0.2) is 34.7 Å². The highest BCUT2D eigenvalue weighted by atomic mass is 16.5. The highest BCUT2D eigenvalue weighted by molar-refractivity contribution is 5.93. The van der Waals surface area contributed by atoms with Crippen molar-refractivity contribution < 1.29 is 23.5 Å². The van der Waals surface area contributed by atoms with Gasteiger partial charge in [-0.25, -0.2) is 4.79 Å². The molecule has 0 aliphatic heterocycles. The Hall–Kier alpha value is -3.13. The molecule has 0 atom stereocenters. The second-order valence-electron chi connectivity index (χ2n) is 6.33. The van der Waals surface area contributed by atoms with Gasteiger partial charge in [0, 0.05) is 23.9 Å². The van der Waals surface area contributed by atoms with Gasteiger partial charge >= 0.3 is 5.97 Å². The van der Waals surface area contributed by atoms with Crippen molar-refractivity contribution >= 4 is 29.2 Å². The molecule has 0 aliphatic rings. The maximum atomic E-state index is 12.3. The molecule has 1 heterocycles. The Morgan fingerprint density at radius 3 is 2.25 bits per heavy atom. The highest BCUT2D eigenvalue weighted by Gasteiger charge is 2.18. The number of benzene rings is 1. The molecule has 1 aromatic heterocycles. The summed E-state index contributed by atoms with van der Waals surface area (Å²) in [5.74, 6) is -0.0822. The summed E-state index contributed by atoms with van der Waals surface area (Å²) in [6, 6.07) is 8.65. The predicted octanol–water partition coefficient (Wildman–Crippen LogP) is 2.79. The van der Waals surface area contributed by atoms with E-state index in [9.17, 15) is 14.4 Å². The number of ether oxygens (including phenoxy) is 1. The molecular weight excluding hydrogens is 362 g/mol. The third-order valence-electron chi connectivity index (χ3n) is 4.02. The minimum atomic E-state index is -0.521. The molecule has 0 aliphatic carbocycles. The molecule has 150 valence electrons. The van der Waals surface area contributed by atoms with Crippen molar-refractivity contribution in [2.24, 2.45) is 0 Å². The highest BCUT2D eigenvalue weighted by Crippen LogP contribution is 2.18. The summed E-state index contributed by atoms with van der Waals surface area (Å²) in [5.41, 5.74) is 1.99. The quantitative estimate of drug-likeness (QED) is 0.676. The zero-order valence-corrected chi connectivity index (χ0v) is 16.5. The molecule has 1 aromatic carbocycles. The molecule has 2 N–H and O–H groups in total. The van der Waals surface area contributed by atoms with Gasteiger partial charge in [0.15, 0.2) is 0 Å². The number of furan rings is 1. The molecule has 0 bridgehead atoms. The Labute approximate surface area is 163 Å². The molecule has 0 radical (unpaired) electrons. The van der Waals surface area contributed by atoms with Gasteiger partial charge in [0.1, 0.15) is 5.76 Å². The number of anilines is 2. The van der Waals surface area contributed by atoms with Gasteiger partial charge in [-0.05, 0) is 43.8 Å². The van der Waals surface area contributed by atoms with E-state index in [1.807, 2.05) is 11.8 Å². The van der Waals surface area contributed by atoms with Gasteiger partial charge < -0.3 is 19.8 Å². The van der Waals surface area contributed by atoms with Gasteiger partial charge in [0.2, 0.25) is 17.6 Å². The Bertz CT molecular complexity index is 842. The molecule has 8 nitrogen and oxygen atoms in total. The summed E-state index contributed by atoms with van der Waals surface area (Å²) in [6.45, 7) is 6.33. The third kappa shape index (κ3) is 5.95. The van der Waals surface area contributed by atoms with Crippen molar-refractivity contribution in [3.63, 3.8) is 0 Å². The van der Waals surface area contributed by atoms with E-state index >= 15 is 0 Å². The Morgan fingerprint density at radius 2 is 1.71 bits per heavy atom. The number of nitrogens with zero attached hydrogens (tertiary/aromatic N) is 1. The topological polar surface area (TPSA) is 101 Å². The van der Waals surface area contributed by atoms with Crippen LogP contribution in [-0.2, 0) is 20.9 Å². The number of nitrogens with one attached hydrogen (secondary N) is 2. The molecule has 2 amide bonds. The predicted molar refractivity (Wildman–Crippen MR) is 105 cm³/mol. The number of hydrogen-bond donors (Lipinski definition) is 2. The molecule has 0 saturated carbocycles. The largest absolute Gasteiger partial charge is 0.463 e. The average Bonchev–Trinajstić information content (AvgIpc) is 3.01. The number of methoxy groups -OCH3 is 1. The van der Waals surface area contributed by atoms with Gasteiger partial charge in [-0.3, -0.25) is 14.5 Å². The number of hydrogen-bond acceptors (Lipinski definition) is 6. The van der Waals surface area contributed by atoms with E-state index in [1.165, 1.54) is 14.0 Å². The van der Waals surface area contributed by atoms with Crippen LogP contribution in [0.2, 0.25) is 0 Å². The Kier molecular flexibility index (Phi) is 7.34.